The van der Waals surface area contributed by atoms with Gasteiger partial charge in [0.05, 0.1) is 0 Å². The maximum atomic E-state index is 11.7. The zero-order valence-corrected chi connectivity index (χ0v) is 14.0. The van der Waals surface area contributed by atoms with Crippen molar-refractivity contribution in [1.82, 2.24) is 0 Å². The van der Waals surface area contributed by atoms with E-state index < -0.39 is 0 Å². The number of ether oxygens (including phenoxy) is 1. The monoisotopic (exact) mass is 326 g/mol. The van der Waals surface area contributed by atoms with Gasteiger partial charge in [0.15, 0.2) is 0 Å². The highest BCUT2D eigenvalue weighted by Gasteiger charge is 2.29. The summed E-state index contributed by atoms with van der Waals surface area (Å²) in [6.07, 6.45) is 4.55. The third-order valence-electron chi connectivity index (χ3n) is 4.16. The van der Waals surface area contributed by atoms with Crippen molar-refractivity contribution in [2.75, 3.05) is 0 Å². The number of rotatable bonds is 6. The molecule has 0 aliphatic carbocycles. The summed E-state index contributed by atoms with van der Waals surface area (Å²) in [5, 5.41) is 0.307. The van der Waals surface area contributed by atoms with E-state index in [-0.39, 0.29) is 12.1 Å². The molecule has 120 valence electrons. The van der Waals surface area contributed by atoms with E-state index in [2.05, 4.69) is 48.5 Å². The van der Waals surface area contributed by atoms with Gasteiger partial charge in [-0.2, -0.15) is 0 Å². The molecule has 2 aromatic rings. The maximum absolute atomic E-state index is 11.7. The highest BCUT2D eigenvalue weighted by Crippen LogP contribution is 2.33. The first kappa shape index (κ1) is 16.1. The van der Waals surface area contributed by atoms with Crippen LogP contribution < -0.4 is 0 Å². The molecule has 2 unspecified atom stereocenters. The number of esters is 1. The second-order valence-corrected chi connectivity index (χ2v) is 7.23. The molecule has 2 aromatic carbocycles. The van der Waals surface area contributed by atoms with Crippen molar-refractivity contribution in [3.63, 3.8) is 0 Å². The summed E-state index contributed by atoms with van der Waals surface area (Å²) in [5.41, 5.74) is 1.34. The molecule has 3 rings (SSSR count). The number of thioether (sulfide) groups is 1. The van der Waals surface area contributed by atoms with E-state index >= 15 is 0 Å². The van der Waals surface area contributed by atoms with Crippen LogP contribution in [0.15, 0.2) is 65.6 Å². The molecular weight excluding hydrogens is 304 g/mol. The average molecular weight is 326 g/mol. The fourth-order valence-corrected chi connectivity index (χ4v) is 4.19. The Labute approximate surface area is 142 Å². The average Bonchev–Trinajstić information content (AvgIpc) is 2.60. The molecule has 1 heterocycles. The molecule has 0 aromatic heterocycles. The van der Waals surface area contributed by atoms with E-state index in [0.717, 1.165) is 25.7 Å². The Hall–Kier alpha value is -1.74. The smallest absolute Gasteiger partial charge is 0.306 e. The van der Waals surface area contributed by atoms with Gasteiger partial charge in [0.1, 0.15) is 6.10 Å². The molecular formula is C20H22O2S. The highest BCUT2D eigenvalue weighted by molar-refractivity contribution is 8.00. The zero-order chi connectivity index (χ0) is 15.9. The third kappa shape index (κ3) is 4.87. The summed E-state index contributed by atoms with van der Waals surface area (Å²) in [4.78, 5) is 12.9. The predicted octanol–water partition coefficient (Wildman–Crippen LogP) is 4.88. The quantitative estimate of drug-likeness (QED) is 0.559. The van der Waals surface area contributed by atoms with Crippen LogP contribution in [0.3, 0.4) is 0 Å². The molecule has 0 radical (unpaired) electrons. The van der Waals surface area contributed by atoms with Crippen molar-refractivity contribution >= 4 is 17.7 Å². The van der Waals surface area contributed by atoms with Crippen LogP contribution in [0.5, 0.6) is 0 Å². The largest absolute Gasteiger partial charge is 0.461 e. The van der Waals surface area contributed by atoms with Gasteiger partial charge in [-0.3, -0.25) is 4.79 Å². The normalized spacial score (nSPS) is 19.1. The van der Waals surface area contributed by atoms with Crippen molar-refractivity contribution in [3.8, 4) is 0 Å². The molecule has 0 N–H and O–H groups in total. The van der Waals surface area contributed by atoms with Crippen LogP contribution in [-0.4, -0.2) is 17.3 Å². The first-order valence-electron chi connectivity index (χ1n) is 8.26. The number of carbonyl (C=O) groups is 1. The van der Waals surface area contributed by atoms with E-state index in [1.165, 1.54) is 10.5 Å². The number of cyclic esters (lactones) is 1. The number of carbonyl (C=O) groups excluding carboxylic acids is 1. The van der Waals surface area contributed by atoms with Gasteiger partial charge >= 0.3 is 5.97 Å². The Kier molecular flexibility index (Phi) is 5.76. The lowest BCUT2D eigenvalue weighted by Gasteiger charge is -2.29. The van der Waals surface area contributed by atoms with Gasteiger partial charge in [0.25, 0.3) is 0 Å². The fourth-order valence-electron chi connectivity index (χ4n) is 2.94. The summed E-state index contributed by atoms with van der Waals surface area (Å²) in [7, 11) is 0. The standard InChI is InChI=1S/C20H22O2S/c21-20-13-7-12-18(22-20)19(23-17-10-5-2-6-11-17)15-14-16-8-3-1-4-9-16/h1-6,8-11,18-19H,7,12-15H2. The zero-order valence-electron chi connectivity index (χ0n) is 13.2. The van der Waals surface area contributed by atoms with Crippen LogP contribution in [0.4, 0.5) is 0 Å². The minimum Gasteiger partial charge on any atom is -0.461 e. The Morgan fingerprint density at radius 3 is 2.43 bits per heavy atom. The summed E-state index contributed by atoms with van der Waals surface area (Å²) < 4.78 is 5.65. The van der Waals surface area contributed by atoms with Gasteiger partial charge in [0.2, 0.25) is 0 Å². The van der Waals surface area contributed by atoms with Crippen molar-refractivity contribution in [2.24, 2.45) is 0 Å². The van der Waals surface area contributed by atoms with Gasteiger partial charge in [-0.25, -0.2) is 0 Å². The van der Waals surface area contributed by atoms with Crippen LogP contribution in [0.2, 0.25) is 0 Å². The van der Waals surface area contributed by atoms with Crippen LogP contribution in [0.1, 0.15) is 31.2 Å². The summed E-state index contributed by atoms with van der Waals surface area (Å²) in [6, 6.07) is 20.9. The first-order chi connectivity index (χ1) is 11.3. The molecule has 3 heteroatoms. The molecule has 2 nitrogen and oxygen atoms in total. The summed E-state index contributed by atoms with van der Waals surface area (Å²) in [6.45, 7) is 0. The van der Waals surface area contributed by atoms with Gasteiger partial charge in [-0.1, -0.05) is 48.5 Å². The maximum Gasteiger partial charge on any atom is 0.306 e. The van der Waals surface area contributed by atoms with Crippen LogP contribution in [0.25, 0.3) is 0 Å². The molecule has 1 fully saturated rings. The van der Waals surface area contributed by atoms with E-state index in [1.807, 2.05) is 23.9 Å². The van der Waals surface area contributed by atoms with Gasteiger partial charge in [-0.05, 0) is 43.4 Å². The molecule has 0 saturated carbocycles. The Bertz CT molecular complexity index is 612. The molecule has 0 amide bonds. The Morgan fingerprint density at radius 1 is 1.04 bits per heavy atom. The van der Waals surface area contributed by atoms with Crippen LogP contribution in [0, 0.1) is 0 Å². The highest BCUT2D eigenvalue weighted by atomic mass is 32.2. The lowest BCUT2D eigenvalue weighted by Crippen LogP contribution is -2.33. The van der Waals surface area contributed by atoms with Crippen molar-refractivity contribution < 1.29 is 9.53 Å². The lowest BCUT2D eigenvalue weighted by molar-refractivity contribution is -0.153. The number of hydrogen-bond acceptors (Lipinski definition) is 3. The minimum atomic E-state index is -0.0420. The van der Waals surface area contributed by atoms with Crippen molar-refractivity contribution in [3.05, 3.63) is 66.2 Å². The van der Waals surface area contributed by atoms with E-state index in [1.54, 1.807) is 0 Å². The van der Waals surface area contributed by atoms with E-state index in [4.69, 9.17) is 4.74 Å². The molecule has 1 aliphatic rings. The Morgan fingerprint density at radius 2 is 1.74 bits per heavy atom. The number of aryl methyl sites for hydroxylation is 1. The van der Waals surface area contributed by atoms with Gasteiger partial charge in [0, 0.05) is 16.6 Å². The number of benzene rings is 2. The predicted molar refractivity (Wildman–Crippen MR) is 94.6 cm³/mol. The van der Waals surface area contributed by atoms with Gasteiger partial charge in [-0.15, -0.1) is 11.8 Å². The Balaban J connectivity index is 1.68. The minimum absolute atomic E-state index is 0.0326. The first-order valence-corrected chi connectivity index (χ1v) is 9.14. The lowest BCUT2D eigenvalue weighted by atomic mass is 10.0. The topological polar surface area (TPSA) is 26.3 Å². The molecule has 1 saturated heterocycles. The number of hydrogen-bond donors (Lipinski definition) is 0. The fraction of sp³-hybridized carbons (Fsp3) is 0.350. The second-order valence-electron chi connectivity index (χ2n) is 5.91. The SMILES string of the molecule is O=C1CCCC(C(CCc2ccccc2)Sc2ccccc2)O1. The molecule has 2 atom stereocenters. The van der Waals surface area contributed by atoms with Crippen LogP contribution in [-0.2, 0) is 16.0 Å². The molecule has 0 spiro atoms. The molecule has 1 aliphatic heterocycles. The van der Waals surface area contributed by atoms with Crippen molar-refractivity contribution in [1.29, 1.82) is 0 Å². The molecule has 0 bridgehead atoms. The third-order valence-corrected chi connectivity index (χ3v) is 5.54. The van der Waals surface area contributed by atoms with Gasteiger partial charge < -0.3 is 4.74 Å². The van der Waals surface area contributed by atoms with Crippen LogP contribution >= 0.6 is 11.8 Å². The summed E-state index contributed by atoms with van der Waals surface area (Å²) >= 11 is 1.84. The summed E-state index contributed by atoms with van der Waals surface area (Å²) in [5.74, 6) is -0.0420. The van der Waals surface area contributed by atoms with E-state index in [9.17, 15) is 4.79 Å². The molecule has 23 heavy (non-hydrogen) atoms. The van der Waals surface area contributed by atoms with Crippen molar-refractivity contribution in [2.45, 2.75) is 48.4 Å². The van der Waals surface area contributed by atoms with E-state index in [0.29, 0.717) is 11.7 Å². The second kappa shape index (κ2) is 8.21.